The molecule has 2 heterocycles. The molecule has 0 aliphatic heterocycles. The molecule has 0 saturated carbocycles. The fourth-order valence-electron chi connectivity index (χ4n) is 1.23. The molecule has 0 aliphatic rings. The van der Waals surface area contributed by atoms with Gasteiger partial charge in [-0.1, -0.05) is 13.8 Å². The third-order valence-electron chi connectivity index (χ3n) is 2.03. The van der Waals surface area contributed by atoms with Gasteiger partial charge in [-0.25, -0.2) is 9.97 Å². The second-order valence-electron chi connectivity index (χ2n) is 3.54. The molecule has 0 radical (unpaired) electrons. The van der Waals surface area contributed by atoms with Crippen LogP contribution in [0.1, 0.15) is 31.4 Å². The van der Waals surface area contributed by atoms with Gasteiger partial charge < -0.3 is 10.2 Å². The molecule has 0 bridgehead atoms. The molecule has 0 spiro atoms. The summed E-state index contributed by atoms with van der Waals surface area (Å²) >= 11 is 0. The third-order valence-corrected chi connectivity index (χ3v) is 2.03. The lowest BCUT2D eigenvalue weighted by Gasteiger charge is -1.93. The van der Waals surface area contributed by atoms with Crippen LogP contribution in [0, 0.1) is 0 Å². The fourth-order valence-corrected chi connectivity index (χ4v) is 1.23. The van der Waals surface area contributed by atoms with E-state index >= 15 is 0 Å². The number of hydrogen-bond acceptors (Lipinski definition) is 4. The van der Waals surface area contributed by atoms with Gasteiger partial charge in [0.25, 0.3) is 0 Å². The smallest absolute Gasteiger partial charge is 0.247 e. The van der Waals surface area contributed by atoms with E-state index in [2.05, 4.69) is 9.97 Å². The van der Waals surface area contributed by atoms with Crippen molar-refractivity contribution < 1.29 is 4.42 Å². The Balaban J connectivity index is 2.54. The van der Waals surface area contributed by atoms with E-state index < -0.39 is 0 Å². The first-order valence-corrected chi connectivity index (χ1v) is 4.67. The van der Waals surface area contributed by atoms with Crippen LogP contribution >= 0.6 is 0 Å². The normalized spacial score (nSPS) is 11.4. The van der Waals surface area contributed by atoms with Gasteiger partial charge in [0, 0.05) is 12.5 Å². The molecule has 2 aromatic rings. The topological polar surface area (TPSA) is 64.9 Å². The van der Waals surface area contributed by atoms with E-state index in [1.165, 1.54) is 0 Å². The predicted octanol–water partition coefficient (Wildman–Crippen LogP) is 1.80. The van der Waals surface area contributed by atoms with Crippen LogP contribution in [0.15, 0.2) is 16.5 Å². The Kier molecular flexibility index (Phi) is 2.21. The zero-order valence-electron chi connectivity index (χ0n) is 8.32. The highest BCUT2D eigenvalue weighted by molar-refractivity contribution is 5.68. The number of nitrogens with two attached hydrogens (primary N) is 1. The number of pyridine rings is 1. The molecule has 0 fully saturated rings. The average Bonchev–Trinajstić information content (AvgIpc) is 2.59. The van der Waals surface area contributed by atoms with Gasteiger partial charge in [0.1, 0.15) is 5.52 Å². The first kappa shape index (κ1) is 9.15. The van der Waals surface area contributed by atoms with Crippen LogP contribution in [0.2, 0.25) is 0 Å². The number of hydrogen-bond donors (Lipinski definition) is 1. The summed E-state index contributed by atoms with van der Waals surface area (Å²) in [5, 5.41) is 0. The van der Waals surface area contributed by atoms with Crippen molar-refractivity contribution in [2.24, 2.45) is 5.73 Å². The Hall–Kier alpha value is -1.42. The lowest BCUT2D eigenvalue weighted by molar-refractivity contribution is 0.494. The minimum Gasteiger partial charge on any atom is -0.422 e. The molecule has 14 heavy (non-hydrogen) atoms. The molecule has 0 aliphatic carbocycles. The van der Waals surface area contributed by atoms with Crippen molar-refractivity contribution >= 4 is 11.2 Å². The Labute approximate surface area is 82.1 Å². The Morgan fingerprint density at radius 1 is 1.36 bits per heavy atom. The van der Waals surface area contributed by atoms with Gasteiger partial charge in [0.15, 0.2) is 5.89 Å². The predicted molar refractivity (Wildman–Crippen MR) is 53.8 cm³/mol. The van der Waals surface area contributed by atoms with Crippen molar-refractivity contribution in [3.05, 3.63) is 23.7 Å². The summed E-state index contributed by atoms with van der Waals surface area (Å²) in [6.07, 6.45) is 0. The molecule has 4 nitrogen and oxygen atoms in total. The Bertz CT molecular complexity index is 448. The molecule has 4 heteroatoms. The van der Waals surface area contributed by atoms with E-state index in [0.29, 0.717) is 12.3 Å². The van der Waals surface area contributed by atoms with E-state index in [4.69, 9.17) is 10.2 Å². The lowest BCUT2D eigenvalue weighted by Crippen LogP contribution is -1.98. The summed E-state index contributed by atoms with van der Waals surface area (Å²) in [6, 6.07) is 3.76. The first-order chi connectivity index (χ1) is 6.70. The van der Waals surface area contributed by atoms with Crippen molar-refractivity contribution in [1.82, 2.24) is 9.97 Å². The minimum absolute atomic E-state index is 0.283. The maximum Gasteiger partial charge on any atom is 0.247 e. The van der Waals surface area contributed by atoms with Crippen LogP contribution in [-0.2, 0) is 6.54 Å². The standard InChI is InChI=1S/C10H13N3O/c1-6(2)9-13-8-4-3-7(5-11)12-10(8)14-9/h3-4,6H,5,11H2,1-2H3. The third kappa shape index (κ3) is 1.48. The highest BCUT2D eigenvalue weighted by Crippen LogP contribution is 2.19. The number of nitrogens with zero attached hydrogens (tertiary/aromatic N) is 2. The van der Waals surface area contributed by atoms with E-state index in [1.54, 1.807) is 0 Å². The second-order valence-corrected chi connectivity index (χ2v) is 3.54. The summed E-state index contributed by atoms with van der Waals surface area (Å²) in [6.45, 7) is 4.50. The van der Waals surface area contributed by atoms with Gasteiger partial charge in [-0.05, 0) is 12.1 Å². The molecule has 0 aromatic carbocycles. The molecular weight excluding hydrogens is 178 g/mol. The summed E-state index contributed by atoms with van der Waals surface area (Å²) in [5.74, 6) is 1.01. The van der Waals surface area contributed by atoms with Crippen LogP contribution in [0.25, 0.3) is 11.2 Å². The van der Waals surface area contributed by atoms with Crippen molar-refractivity contribution in [3.63, 3.8) is 0 Å². The number of fused-ring (bicyclic) bond motifs is 1. The average molecular weight is 191 g/mol. The molecule has 0 unspecified atom stereocenters. The summed E-state index contributed by atoms with van der Waals surface area (Å²) in [4.78, 5) is 8.56. The summed E-state index contributed by atoms with van der Waals surface area (Å²) in [5.41, 5.74) is 7.68. The molecule has 2 N–H and O–H groups in total. The SMILES string of the molecule is CC(C)c1nc2ccc(CN)nc2o1. The van der Waals surface area contributed by atoms with Gasteiger partial charge in [0.05, 0.1) is 5.69 Å². The zero-order valence-corrected chi connectivity index (χ0v) is 8.32. The minimum atomic E-state index is 0.283. The second kappa shape index (κ2) is 3.38. The maximum absolute atomic E-state index is 5.49. The molecular formula is C10H13N3O. The van der Waals surface area contributed by atoms with Crippen molar-refractivity contribution in [2.75, 3.05) is 0 Å². The van der Waals surface area contributed by atoms with Crippen LogP contribution in [-0.4, -0.2) is 9.97 Å². The van der Waals surface area contributed by atoms with Crippen molar-refractivity contribution in [1.29, 1.82) is 0 Å². The van der Waals surface area contributed by atoms with Crippen LogP contribution in [0.3, 0.4) is 0 Å². The number of aromatic nitrogens is 2. The molecule has 0 atom stereocenters. The van der Waals surface area contributed by atoms with Crippen LogP contribution < -0.4 is 5.73 Å². The van der Waals surface area contributed by atoms with Gasteiger partial charge in [-0.3, -0.25) is 0 Å². The quantitative estimate of drug-likeness (QED) is 0.786. The van der Waals surface area contributed by atoms with E-state index in [9.17, 15) is 0 Å². The van der Waals surface area contributed by atoms with E-state index in [1.807, 2.05) is 26.0 Å². The van der Waals surface area contributed by atoms with E-state index in [-0.39, 0.29) is 5.92 Å². The Morgan fingerprint density at radius 3 is 2.79 bits per heavy atom. The molecule has 0 amide bonds. The van der Waals surface area contributed by atoms with Crippen LogP contribution in [0.5, 0.6) is 0 Å². The van der Waals surface area contributed by atoms with Crippen LogP contribution in [0.4, 0.5) is 0 Å². The molecule has 2 rings (SSSR count). The van der Waals surface area contributed by atoms with Crippen molar-refractivity contribution in [2.45, 2.75) is 26.3 Å². The van der Waals surface area contributed by atoms with Gasteiger partial charge in [-0.15, -0.1) is 0 Å². The number of rotatable bonds is 2. The highest BCUT2D eigenvalue weighted by atomic mass is 16.4. The largest absolute Gasteiger partial charge is 0.422 e. The maximum atomic E-state index is 5.49. The molecule has 2 aromatic heterocycles. The van der Waals surface area contributed by atoms with Crippen molar-refractivity contribution in [3.8, 4) is 0 Å². The summed E-state index contributed by atoms with van der Waals surface area (Å²) < 4.78 is 5.49. The summed E-state index contributed by atoms with van der Waals surface area (Å²) in [7, 11) is 0. The monoisotopic (exact) mass is 191 g/mol. The van der Waals surface area contributed by atoms with E-state index in [0.717, 1.165) is 17.1 Å². The van der Waals surface area contributed by atoms with Gasteiger partial charge >= 0.3 is 0 Å². The zero-order chi connectivity index (χ0) is 10.1. The first-order valence-electron chi connectivity index (χ1n) is 4.67. The lowest BCUT2D eigenvalue weighted by atomic mass is 10.2. The fraction of sp³-hybridized carbons (Fsp3) is 0.400. The molecule has 74 valence electrons. The van der Waals surface area contributed by atoms with Gasteiger partial charge in [-0.2, -0.15) is 0 Å². The van der Waals surface area contributed by atoms with Gasteiger partial charge in [0.2, 0.25) is 5.71 Å². The highest BCUT2D eigenvalue weighted by Gasteiger charge is 2.10. The number of oxazole rings is 1. The molecule has 0 saturated heterocycles. The Morgan fingerprint density at radius 2 is 2.14 bits per heavy atom.